The number of hydrogen-bond donors (Lipinski definition) is 1. The summed E-state index contributed by atoms with van der Waals surface area (Å²) in [5, 5.41) is 3.22. The fourth-order valence-electron chi connectivity index (χ4n) is 1.63. The molecule has 3 nitrogen and oxygen atoms in total. The van der Waals surface area contributed by atoms with E-state index in [2.05, 4.69) is 10.3 Å². The van der Waals surface area contributed by atoms with Crippen LogP contribution in [0.2, 0.25) is 0 Å². The second kappa shape index (κ2) is 5.10. The van der Waals surface area contributed by atoms with E-state index >= 15 is 0 Å². The quantitative estimate of drug-likeness (QED) is 0.883. The summed E-state index contributed by atoms with van der Waals surface area (Å²) in [4.78, 5) is 4.21. The van der Waals surface area contributed by atoms with E-state index in [0.717, 1.165) is 12.1 Å². The van der Waals surface area contributed by atoms with Crippen molar-refractivity contribution in [3.8, 4) is 11.3 Å². The van der Waals surface area contributed by atoms with Crippen molar-refractivity contribution in [1.29, 1.82) is 0 Å². The van der Waals surface area contributed by atoms with Crippen LogP contribution in [0, 0.1) is 5.82 Å². The third-order valence-electron chi connectivity index (χ3n) is 2.53. The Morgan fingerprint density at radius 1 is 1.35 bits per heavy atom. The summed E-state index contributed by atoms with van der Waals surface area (Å²) in [6.45, 7) is 4.87. The van der Waals surface area contributed by atoms with Gasteiger partial charge in [0.15, 0.2) is 5.76 Å². The molecule has 0 spiro atoms. The third-order valence-corrected chi connectivity index (χ3v) is 2.53. The first-order valence-corrected chi connectivity index (χ1v) is 5.65. The molecule has 0 aliphatic rings. The first-order valence-electron chi connectivity index (χ1n) is 5.65. The van der Waals surface area contributed by atoms with Gasteiger partial charge in [0, 0.05) is 5.56 Å². The standard InChI is InChI=1S/C13H15FN2O/c1-3-15-9(2)13-16-8-12(17-13)10-4-6-11(14)7-5-10/h4-9,15H,3H2,1-2H3. The molecule has 0 amide bonds. The Labute approximate surface area is 99.7 Å². The minimum Gasteiger partial charge on any atom is -0.439 e. The van der Waals surface area contributed by atoms with Crippen LogP contribution in [0.25, 0.3) is 11.3 Å². The summed E-state index contributed by atoms with van der Waals surface area (Å²) in [5.41, 5.74) is 0.828. The largest absolute Gasteiger partial charge is 0.439 e. The molecule has 1 N–H and O–H groups in total. The van der Waals surface area contributed by atoms with Gasteiger partial charge < -0.3 is 9.73 Å². The van der Waals surface area contributed by atoms with Gasteiger partial charge in [-0.15, -0.1) is 0 Å². The summed E-state index contributed by atoms with van der Waals surface area (Å²) >= 11 is 0. The highest BCUT2D eigenvalue weighted by atomic mass is 19.1. The van der Waals surface area contributed by atoms with Crippen LogP contribution in [0.3, 0.4) is 0 Å². The lowest BCUT2D eigenvalue weighted by atomic mass is 10.2. The zero-order chi connectivity index (χ0) is 12.3. The number of nitrogens with zero attached hydrogens (tertiary/aromatic N) is 1. The maximum atomic E-state index is 12.8. The zero-order valence-electron chi connectivity index (χ0n) is 9.90. The van der Waals surface area contributed by atoms with Crippen molar-refractivity contribution in [2.24, 2.45) is 0 Å². The van der Waals surface area contributed by atoms with Crippen LogP contribution in [0.5, 0.6) is 0 Å². The zero-order valence-corrected chi connectivity index (χ0v) is 9.90. The maximum Gasteiger partial charge on any atom is 0.211 e. The predicted molar refractivity (Wildman–Crippen MR) is 64.0 cm³/mol. The van der Waals surface area contributed by atoms with Crippen molar-refractivity contribution in [2.75, 3.05) is 6.54 Å². The summed E-state index contributed by atoms with van der Waals surface area (Å²) in [6, 6.07) is 6.25. The third kappa shape index (κ3) is 2.71. The van der Waals surface area contributed by atoms with Gasteiger partial charge in [0.05, 0.1) is 12.2 Å². The average molecular weight is 234 g/mol. The molecule has 90 valence electrons. The molecule has 0 radical (unpaired) electrons. The molecule has 0 fully saturated rings. The van der Waals surface area contributed by atoms with Gasteiger partial charge in [0.2, 0.25) is 5.89 Å². The van der Waals surface area contributed by atoms with E-state index in [1.165, 1.54) is 12.1 Å². The molecule has 1 aromatic heterocycles. The second-order valence-corrected chi connectivity index (χ2v) is 3.85. The number of halogens is 1. The van der Waals surface area contributed by atoms with Gasteiger partial charge in [0.1, 0.15) is 5.82 Å². The van der Waals surface area contributed by atoms with Crippen molar-refractivity contribution in [2.45, 2.75) is 19.9 Å². The summed E-state index contributed by atoms with van der Waals surface area (Å²) in [6.07, 6.45) is 1.66. The summed E-state index contributed by atoms with van der Waals surface area (Å²) in [5.74, 6) is 1.05. The molecule has 0 bridgehead atoms. The van der Waals surface area contributed by atoms with Crippen LogP contribution >= 0.6 is 0 Å². The van der Waals surface area contributed by atoms with E-state index in [0.29, 0.717) is 11.7 Å². The number of hydrogen-bond acceptors (Lipinski definition) is 3. The van der Waals surface area contributed by atoms with Crippen LogP contribution in [-0.4, -0.2) is 11.5 Å². The number of rotatable bonds is 4. The van der Waals surface area contributed by atoms with Gasteiger partial charge in [-0.05, 0) is 37.7 Å². The Balaban J connectivity index is 2.20. The molecule has 1 atom stereocenters. The molecule has 0 saturated carbocycles. The van der Waals surface area contributed by atoms with Crippen LogP contribution in [0.1, 0.15) is 25.8 Å². The van der Waals surface area contributed by atoms with E-state index in [-0.39, 0.29) is 11.9 Å². The van der Waals surface area contributed by atoms with Crippen molar-refractivity contribution >= 4 is 0 Å². The van der Waals surface area contributed by atoms with Crippen LogP contribution < -0.4 is 5.32 Å². The fourth-order valence-corrected chi connectivity index (χ4v) is 1.63. The molecule has 1 heterocycles. The topological polar surface area (TPSA) is 38.1 Å². The average Bonchev–Trinajstić information content (AvgIpc) is 2.80. The molecule has 2 rings (SSSR count). The lowest BCUT2D eigenvalue weighted by molar-refractivity contribution is 0.429. The number of nitrogens with one attached hydrogen (secondary N) is 1. The fraction of sp³-hybridized carbons (Fsp3) is 0.308. The second-order valence-electron chi connectivity index (χ2n) is 3.85. The molecule has 1 aromatic carbocycles. The molecule has 4 heteroatoms. The van der Waals surface area contributed by atoms with Gasteiger partial charge in [0.25, 0.3) is 0 Å². The molecule has 0 aliphatic carbocycles. The first-order chi connectivity index (χ1) is 8.20. The van der Waals surface area contributed by atoms with Crippen molar-refractivity contribution in [3.05, 3.63) is 42.2 Å². The smallest absolute Gasteiger partial charge is 0.211 e. The highest BCUT2D eigenvalue weighted by molar-refractivity contribution is 5.55. The Bertz CT molecular complexity index is 478. The SMILES string of the molecule is CCNC(C)c1ncc(-c2ccc(F)cc2)o1. The number of benzene rings is 1. The van der Waals surface area contributed by atoms with Gasteiger partial charge in [-0.1, -0.05) is 6.92 Å². The van der Waals surface area contributed by atoms with Crippen LogP contribution in [0.4, 0.5) is 4.39 Å². The van der Waals surface area contributed by atoms with E-state index in [1.807, 2.05) is 13.8 Å². The van der Waals surface area contributed by atoms with Gasteiger partial charge in [-0.3, -0.25) is 0 Å². The highest BCUT2D eigenvalue weighted by Crippen LogP contribution is 2.23. The van der Waals surface area contributed by atoms with Crippen LogP contribution in [-0.2, 0) is 0 Å². The van der Waals surface area contributed by atoms with Crippen molar-refractivity contribution in [1.82, 2.24) is 10.3 Å². The molecule has 17 heavy (non-hydrogen) atoms. The maximum absolute atomic E-state index is 12.8. The van der Waals surface area contributed by atoms with E-state index in [1.54, 1.807) is 18.3 Å². The summed E-state index contributed by atoms with van der Waals surface area (Å²) < 4.78 is 18.4. The Morgan fingerprint density at radius 3 is 2.71 bits per heavy atom. The molecular weight excluding hydrogens is 219 g/mol. The lowest BCUT2D eigenvalue weighted by Crippen LogP contribution is -2.17. The van der Waals surface area contributed by atoms with E-state index < -0.39 is 0 Å². The van der Waals surface area contributed by atoms with Gasteiger partial charge >= 0.3 is 0 Å². The molecule has 2 aromatic rings. The van der Waals surface area contributed by atoms with Gasteiger partial charge in [-0.25, -0.2) is 9.37 Å². The van der Waals surface area contributed by atoms with Gasteiger partial charge in [-0.2, -0.15) is 0 Å². The summed E-state index contributed by atoms with van der Waals surface area (Å²) in [7, 11) is 0. The number of aromatic nitrogens is 1. The monoisotopic (exact) mass is 234 g/mol. The first kappa shape index (κ1) is 11.8. The predicted octanol–water partition coefficient (Wildman–Crippen LogP) is 3.15. The molecule has 0 aliphatic heterocycles. The lowest BCUT2D eigenvalue weighted by Gasteiger charge is -2.06. The van der Waals surface area contributed by atoms with E-state index in [4.69, 9.17) is 4.42 Å². The normalized spacial score (nSPS) is 12.6. The van der Waals surface area contributed by atoms with Crippen molar-refractivity contribution < 1.29 is 8.81 Å². The Kier molecular flexibility index (Phi) is 3.54. The molecule has 0 saturated heterocycles. The molecule has 1 unspecified atom stereocenters. The van der Waals surface area contributed by atoms with E-state index in [9.17, 15) is 4.39 Å². The Hall–Kier alpha value is -1.68. The minimum absolute atomic E-state index is 0.0780. The number of oxazole rings is 1. The molecular formula is C13H15FN2O. The Morgan fingerprint density at radius 2 is 2.06 bits per heavy atom. The minimum atomic E-state index is -0.255. The highest BCUT2D eigenvalue weighted by Gasteiger charge is 2.11. The van der Waals surface area contributed by atoms with Crippen molar-refractivity contribution in [3.63, 3.8) is 0 Å². The van der Waals surface area contributed by atoms with Crippen LogP contribution in [0.15, 0.2) is 34.9 Å².